The van der Waals surface area contributed by atoms with Crippen LogP contribution >= 0.6 is 0 Å². The van der Waals surface area contributed by atoms with Gasteiger partial charge in [0.15, 0.2) is 11.5 Å². The fraction of sp³-hybridized carbons (Fsp3) is 0.385. The molecule has 5 heteroatoms. The topological polar surface area (TPSA) is 34.2 Å². The van der Waals surface area contributed by atoms with Gasteiger partial charge in [0.2, 0.25) is 6.79 Å². The van der Waals surface area contributed by atoms with Gasteiger partial charge in [-0.3, -0.25) is 9.80 Å². The van der Waals surface area contributed by atoms with Gasteiger partial charge < -0.3 is 14.2 Å². The predicted molar refractivity (Wildman–Crippen MR) is 123 cm³/mol. The average molecular weight is 419 g/mol. The van der Waals surface area contributed by atoms with Crippen LogP contribution in [0, 0.1) is 0 Å². The lowest BCUT2D eigenvalue weighted by Crippen LogP contribution is -2.46. The number of piperazine rings is 1. The van der Waals surface area contributed by atoms with Gasteiger partial charge in [-0.2, -0.15) is 0 Å². The number of nitrogens with zero attached hydrogens (tertiary/aromatic N) is 2. The van der Waals surface area contributed by atoms with E-state index >= 15 is 0 Å². The summed E-state index contributed by atoms with van der Waals surface area (Å²) in [7, 11) is 0. The molecule has 0 bridgehead atoms. The van der Waals surface area contributed by atoms with Crippen LogP contribution in [0.5, 0.6) is 11.5 Å². The van der Waals surface area contributed by atoms with Crippen molar-refractivity contribution in [3.05, 3.63) is 71.8 Å². The number of ether oxygens (including phenoxy) is 3. The molecule has 2 aliphatic heterocycles. The second kappa shape index (κ2) is 9.69. The van der Waals surface area contributed by atoms with E-state index in [2.05, 4.69) is 64.4 Å². The summed E-state index contributed by atoms with van der Waals surface area (Å²) < 4.78 is 16.8. The van der Waals surface area contributed by atoms with Crippen molar-refractivity contribution in [2.75, 3.05) is 52.7 Å². The molecule has 0 unspecified atom stereocenters. The van der Waals surface area contributed by atoms with Gasteiger partial charge in [0, 0.05) is 39.3 Å². The molecule has 31 heavy (non-hydrogen) atoms. The van der Waals surface area contributed by atoms with Crippen molar-refractivity contribution in [3.63, 3.8) is 0 Å². The Morgan fingerprint density at radius 1 is 0.710 bits per heavy atom. The Hall–Kier alpha value is -2.60. The highest BCUT2D eigenvalue weighted by Crippen LogP contribution is 2.32. The number of rotatable bonds is 8. The zero-order valence-corrected chi connectivity index (χ0v) is 18.0. The van der Waals surface area contributed by atoms with Crippen LogP contribution in [0.4, 0.5) is 0 Å². The zero-order chi connectivity index (χ0) is 20.9. The van der Waals surface area contributed by atoms with Crippen molar-refractivity contribution < 1.29 is 14.2 Å². The Morgan fingerprint density at radius 2 is 1.48 bits per heavy atom. The average Bonchev–Trinajstić information content (AvgIpc) is 3.28. The summed E-state index contributed by atoms with van der Waals surface area (Å²) in [6.45, 7) is 8.26. The Labute approximate surface area is 184 Å². The van der Waals surface area contributed by atoms with Gasteiger partial charge in [-0.1, -0.05) is 48.5 Å². The number of benzene rings is 3. The second-order valence-corrected chi connectivity index (χ2v) is 8.35. The van der Waals surface area contributed by atoms with E-state index in [0.717, 1.165) is 70.4 Å². The molecule has 3 aromatic carbocycles. The van der Waals surface area contributed by atoms with Crippen LogP contribution in [0.3, 0.4) is 0 Å². The summed E-state index contributed by atoms with van der Waals surface area (Å²) in [4.78, 5) is 5.01. The summed E-state index contributed by atoms with van der Waals surface area (Å²) >= 11 is 0. The van der Waals surface area contributed by atoms with E-state index in [0.29, 0.717) is 6.79 Å². The van der Waals surface area contributed by atoms with Gasteiger partial charge in [-0.15, -0.1) is 0 Å². The third kappa shape index (κ3) is 5.18. The van der Waals surface area contributed by atoms with E-state index in [1.165, 1.54) is 21.9 Å². The van der Waals surface area contributed by atoms with E-state index in [-0.39, 0.29) is 0 Å². The van der Waals surface area contributed by atoms with Gasteiger partial charge >= 0.3 is 0 Å². The minimum absolute atomic E-state index is 0.335. The van der Waals surface area contributed by atoms with Crippen molar-refractivity contribution in [2.45, 2.75) is 13.0 Å². The molecule has 0 amide bonds. The summed E-state index contributed by atoms with van der Waals surface area (Å²) in [5.41, 5.74) is 2.63. The molecule has 0 radical (unpaired) electrons. The van der Waals surface area contributed by atoms with Crippen molar-refractivity contribution in [2.24, 2.45) is 0 Å². The van der Waals surface area contributed by atoms with Crippen molar-refractivity contribution in [1.82, 2.24) is 9.80 Å². The van der Waals surface area contributed by atoms with Crippen molar-refractivity contribution >= 4 is 10.8 Å². The first-order valence-electron chi connectivity index (χ1n) is 11.2. The van der Waals surface area contributed by atoms with Crippen LogP contribution < -0.4 is 9.47 Å². The van der Waals surface area contributed by atoms with Gasteiger partial charge in [0.25, 0.3) is 0 Å². The highest BCUT2D eigenvalue weighted by atomic mass is 16.7. The first-order valence-corrected chi connectivity index (χ1v) is 11.2. The largest absolute Gasteiger partial charge is 0.454 e. The minimum atomic E-state index is 0.335. The van der Waals surface area contributed by atoms with E-state index in [1.807, 2.05) is 6.07 Å². The van der Waals surface area contributed by atoms with Gasteiger partial charge in [-0.25, -0.2) is 0 Å². The molecule has 0 aliphatic carbocycles. The molecular weight excluding hydrogens is 388 g/mol. The summed E-state index contributed by atoms with van der Waals surface area (Å²) in [6, 6.07) is 21.5. The zero-order valence-electron chi connectivity index (χ0n) is 18.0. The Morgan fingerprint density at radius 3 is 2.39 bits per heavy atom. The summed E-state index contributed by atoms with van der Waals surface area (Å²) in [5.74, 6) is 1.73. The molecule has 0 N–H and O–H groups in total. The lowest BCUT2D eigenvalue weighted by molar-refractivity contribution is 0.0747. The van der Waals surface area contributed by atoms with Crippen LogP contribution in [0.25, 0.3) is 10.8 Å². The molecule has 2 heterocycles. The first kappa shape index (κ1) is 20.3. The van der Waals surface area contributed by atoms with E-state index in [9.17, 15) is 0 Å². The highest BCUT2D eigenvalue weighted by molar-refractivity contribution is 5.82. The third-order valence-corrected chi connectivity index (χ3v) is 6.21. The molecule has 5 rings (SSSR count). The van der Waals surface area contributed by atoms with Crippen LogP contribution in [0.15, 0.2) is 60.7 Å². The molecule has 0 atom stereocenters. The fourth-order valence-electron chi connectivity index (χ4n) is 4.35. The van der Waals surface area contributed by atoms with E-state index in [1.54, 1.807) is 0 Å². The molecule has 2 aliphatic rings. The molecule has 1 saturated heterocycles. The second-order valence-electron chi connectivity index (χ2n) is 8.35. The van der Waals surface area contributed by atoms with Gasteiger partial charge in [-0.05, 0) is 40.5 Å². The standard InChI is InChI=1S/C26H30N2O3/c1-2-4-24-17-21(5-7-23(24)3-1)9-15-29-16-14-27-10-12-28(13-11-27)19-22-6-8-25-26(18-22)31-20-30-25/h1-8,17-18H,9-16,19-20H2. The van der Waals surface area contributed by atoms with Gasteiger partial charge in [0.05, 0.1) is 13.2 Å². The maximum Gasteiger partial charge on any atom is 0.231 e. The normalized spacial score (nSPS) is 16.8. The summed E-state index contributed by atoms with van der Waals surface area (Å²) in [5, 5.41) is 2.60. The first-order chi connectivity index (χ1) is 15.3. The molecule has 162 valence electrons. The fourth-order valence-corrected chi connectivity index (χ4v) is 4.35. The van der Waals surface area contributed by atoms with Crippen molar-refractivity contribution in [3.8, 4) is 11.5 Å². The quantitative estimate of drug-likeness (QED) is 0.518. The van der Waals surface area contributed by atoms with Crippen LogP contribution in [0.2, 0.25) is 0 Å². The molecule has 5 nitrogen and oxygen atoms in total. The number of fused-ring (bicyclic) bond motifs is 2. The smallest absolute Gasteiger partial charge is 0.231 e. The van der Waals surface area contributed by atoms with E-state index < -0.39 is 0 Å². The third-order valence-electron chi connectivity index (χ3n) is 6.21. The maximum absolute atomic E-state index is 5.94. The van der Waals surface area contributed by atoms with Crippen molar-refractivity contribution in [1.29, 1.82) is 0 Å². The molecule has 0 spiro atoms. The lowest BCUT2D eigenvalue weighted by atomic mass is 10.1. The molecule has 0 aromatic heterocycles. The van der Waals surface area contributed by atoms with Crippen LogP contribution in [-0.4, -0.2) is 62.5 Å². The molecule has 3 aromatic rings. The molecule has 1 fully saturated rings. The Bertz CT molecular complexity index is 1010. The Kier molecular flexibility index (Phi) is 6.35. The molecule has 0 saturated carbocycles. The molecular formula is C26H30N2O3. The minimum Gasteiger partial charge on any atom is -0.454 e. The SMILES string of the molecule is c1ccc2cc(CCOCCN3CCN(Cc4ccc5c(c4)OCO5)CC3)ccc2c1. The van der Waals surface area contributed by atoms with E-state index in [4.69, 9.17) is 14.2 Å². The van der Waals surface area contributed by atoms with Crippen LogP contribution in [0.1, 0.15) is 11.1 Å². The monoisotopic (exact) mass is 418 g/mol. The van der Waals surface area contributed by atoms with Gasteiger partial charge in [0.1, 0.15) is 0 Å². The van der Waals surface area contributed by atoms with Crippen LogP contribution in [-0.2, 0) is 17.7 Å². The maximum atomic E-state index is 5.94. The number of hydrogen-bond donors (Lipinski definition) is 0. The highest BCUT2D eigenvalue weighted by Gasteiger charge is 2.18. The summed E-state index contributed by atoms with van der Waals surface area (Å²) in [6.07, 6.45) is 0.966. The Balaban J connectivity index is 0.989. The lowest BCUT2D eigenvalue weighted by Gasteiger charge is -2.34. The predicted octanol–water partition coefficient (Wildman–Crippen LogP) is 3.95. The number of hydrogen-bond acceptors (Lipinski definition) is 5.